The molecule has 0 spiro atoms. The van der Waals surface area contributed by atoms with Gasteiger partial charge in [0, 0.05) is 5.56 Å². The first-order valence-corrected chi connectivity index (χ1v) is 8.76. The van der Waals surface area contributed by atoms with E-state index in [0.717, 1.165) is 11.8 Å². The fourth-order valence-corrected chi connectivity index (χ4v) is 2.41. The van der Waals surface area contributed by atoms with Crippen molar-refractivity contribution in [1.82, 2.24) is 4.72 Å². The number of carbonyl (C=O) groups excluding carboxylic acids is 1. The molecule has 0 saturated carbocycles. The molecule has 1 N–H and O–H groups in total. The van der Waals surface area contributed by atoms with Gasteiger partial charge < -0.3 is 4.74 Å². The van der Waals surface area contributed by atoms with E-state index < -0.39 is 15.9 Å². The molecule has 0 bridgehead atoms. The minimum absolute atomic E-state index is 0.192. The zero-order chi connectivity index (χ0) is 17.0. The van der Waals surface area contributed by atoms with E-state index in [0.29, 0.717) is 17.9 Å². The standard InChI is InChI=1S/C16H16FNO4S/c1-3-11-10-13(17)6-9-15(11)22-14-7-4-12(5-8-14)16(19)18-23(2,20)21/h4-10H,3H2,1-2H3,(H,18,19). The Bertz CT molecular complexity index is 816. The molecule has 0 unspecified atom stereocenters. The van der Waals surface area contributed by atoms with Crippen LogP contribution in [0.4, 0.5) is 4.39 Å². The molecule has 0 aromatic heterocycles. The number of sulfonamides is 1. The number of halogens is 1. The third-order valence-electron chi connectivity index (χ3n) is 3.03. The molecule has 23 heavy (non-hydrogen) atoms. The SMILES string of the molecule is CCc1cc(F)ccc1Oc1ccc(C(=O)NS(C)(=O)=O)cc1. The van der Waals surface area contributed by atoms with Crippen LogP contribution in [0.2, 0.25) is 0 Å². The fraction of sp³-hybridized carbons (Fsp3) is 0.188. The van der Waals surface area contributed by atoms with Crippen LogP contribution in [0, 0.1) is 5.82 Å². The zero-order valence-electron chi connectivity index (χ0n) is 12.7. The summed E-state index contributed by atoms with van der Waals surface area (Å²) in [4.78, 5) is 11.7. The Morgan fingerprint density at radius 1 is 1.17 bits per heavy atom. The quantitative estimate of drug-likeness (QED) is 0.910. The van der Waals surface area contributed by atoms with Crippen molar-refractivity contribution < 1.29 is 22.3 Å². The number of amides is 1. The molecule has 0 fully saturated rings. The van der Waals surface area contributed by atoms with Crippen molar-refractivity contribution >= 4 is 15.9 Å². The summed E-state index contributed by atoms with van der Waals surface area (Å²) in [6, 6.07) is 10.2. The highest BCUT2D eigenvalue weighted by atomic mass is 32.2. The molecule has 5 nitrogen and oxygen atoms in total. The second kappa shape index (κ2) is 6.78. The lowest BCUT2D eigenvalue weighted by Crippen LogP contribution is -2.29. The molecular weight excluding hydrogens is 321 g/mol. The summed E-state index contributed by atoms with van der Waals surface area (Å²) in [5.74, 6) is -0.0541. The van der Waals surface area contributed by atoms with Crippen molar-refractivity contribution in [2.24, 2.45) is 0 Å². The van der Waals surface area contributed by atoms with E-state index in [1.165, 1.54) is 24.3 Å². The Morgan fingerprint density at radius 3 is 2.39 bits per heavy atom. The van der Waals surface area contributed by atoms with Gasteiger partial charge >= 0.3 is 0 Å². The van der Waals surface area contributed by atoms with Gasteiger partial charge in [0.2, 0.25) is 10.0 Å². The van der Waals surface area contributed by atoms with Crippen molar-refractivity contribution in [2.45, 2.75) is 13.3 Å². The zero-order valence-corrected chi connectivity index (χ0v) is 13.5. The summed E-state index contributed by atoms with van der Waals surface area (Å²) in [5, 5.41) is 0. The highest BCUT2D eigenvalue weighted by Gasteiger charge is 2.11. The normalized spacial score (nSPS) is 11.1. The Hall–Kier alpha value is -2.41. The van der Waals surface area contributed by atoms with E-state index in [1.54, 1.807) is 18.2 Å². The predicted molar refractivity (Wildman–Crippen MR) is 84.6 cm³/mol. The third-order valence-corrected chi connectivity index (χ3v) is 3.58. The molecule has 0 heterocycles. The maximum absolute atomic E-state index is 13.2. The average Bonchev–Trinajstić information content (AvgIpc) is 2.48. The average molecular weight is 337 g/mol. The monoisotopic (exact) mass is 337 g/mol. The van der Waals surface area contributed by atoms with Gasteiger partial charge in [-0.1, -0.05) is 6.92 Å². The summed E-state index contributed by atoms with van der Waals surface area (Å²) in [6.07, 6.45) is 1.52. The van der Waals surface area contributed by atoms with Gasteiger partial charge in [-0.05, 0) is 54.4 Å². The van der Waals surface area contributed by atoms with Gasteiger partial charge in [-0.25, -0.2) is 17.5 Å². The highest BCUT2D eigenvalue weighted by molar-refractivity contribution is 7.89. The maximum Gasteiger partial charge on any atom is 0.264 e. The second-order valence-electron chi connectivity index (χ2n) is 4.94. The molecule has 0 saturated heterocycles. The van der Waals surface area contributed by atoms with Gasteiger partial charge in [-0.2, -0.15) is 0 Å². The lowest BCUT2D eigenvalue weighted by molar-refractivity contribution is 0.0981. The van der Waals surface area contributed by atoms with Crippen LogP contribution < -0.4 is 9.46 Å². The number of rotatable bonds is 5. The Kier molecular flexibility index (Phi) is 5.00. The van der Waals surface area contributed by atoms with Gasteiger partial charge in [0.1, 0.15) is 17.3 Å². The van der Waals surface area contributed by atoms with Crippen LogP contribution in [0.5, 0.6) is 11.5 Å². The van der Waals surface area contributed by atoms with Crippen LogP contribution in [-0.2, 0) is 16.4 Å². The minimum atomic E-state index is -3.61. The van der Waals surface area contributed by atoms with E-state index in [9.17, 15) is 17.6 Å². The molecule has 2 aromatic rings. The number of carbonyl (C=O) groups is 1. The van der Waals surface area contributed by atoms with Crippen molar-refractivity contribution in [3.63, 3.8) is 0 Å². The fourth-order valence-electron chi connectivity index (χ4n) is 1.95. The molecule has 7 heteroatoms. The van der Waals surface area contributed by atoms with Crippen molar-refractivity contribution in [2.75, 3.05) is 6.26 Å². The second-order valence-corrected chi connectivity index (χ2v) is 6.68. The summed E-state index contributed by atoms with van der Waals surface area (Å²) in [5.41, 5.74) is 0.918. The number of hydrogen-bond donors (Lipinski definition) is 1. The molecule has 122 valence electrons. The summed E-state index contributed by atoms with van der Waals surface area (Å²) in [6.45, 7) is 1.89. The first-order chi connectivity index (χ1) is 10.8. The van der Waals surface area contributed by atoms with Crippen LogP contribution in [0.15, 0.2) is 42.5 Å². The molecule has 0 atom stereocenters. The maximum atomic E-state index is 13.2. The summed E-state index contributed by atoms with van der Waals surface area (Å²) < 4.78 is 42.8. The van der Waals surface area contributed by atoms with E-state index in [4.69, 9.17) is 4.74 Å². The minimum Gasteiger partial charge on any atom is -0.457 e. The highest BCUT2D eigenvalue weighted by Crippen LogP contribution is 2.26. The molecule has 2 rings (SSSR count). The number of benzene rings is 2. The number of nitrogens with one attached hydrogen (secondary N) is 1. The third kappa shape index (κ3) is 4.79. The summed E-state index contributed by atoms with van der Waals surface area (Å²) in [7, 11) is -3.61. The molecular formula is C16H16FNO4S. The number of aryl methyl sites for hydroxylation is 1. The van der Waals surface area contributed by atoms with Crippen LogP contribution in [0.3, 0.4) is 0 Å². The van der Waals surface area contributed by atoms with Crippen LogP contribution in [-0.4, -0.2) is 20.6 Å². The van der Waals surface area contributed by atoms with E-state index in [1.807, 2.05) is 11.6 Å². The van der Waals surface area contributed by atoms with Crippen LogP contribution in [0.25, 0.3) is 0 Å². The van der Waals surface area contributed by atoms with E-state index in [-0.39, 0.29) is 11.4 Å². The first-order valence-electron chi connectivity index (χ1n) is 6.87. The molecule has 1 amide bonds. The van der Waals surface area contributed by atoms with Gasteiger partial charge in [0.15, 0.2) is 0 Å². The Labute approximate surface area is 134 Å². The lowest BCUT2D eigenvalue weighted by atomic mass is 10.1. The van der Waals surface area contributed by atoms with Crippen molar-refractivity contribution in [3.05, 3.63) is 59.4 Å². The molecule has 0 radical (unpaired) electrons. The van der Waals surface area contributed by atoms with Gasteiger partial charge in [-0.15, -0.1) is 0 Å². The van der Waals surface area contributed by atoms with Gasteiger partial charge in [-0.3, -0.25) is 4.79 Å². The summed E-state index contributed by atoms with van der Waals surface area (Å²) >= 11 is 0. The lowest BCUT2D eigenvalue weighted by Gasteiger charge is -2.10. The van der Waals surface area contributed by atoms with Gasteiger partial charge in [0.25, 0.3) is 5.91 Å². The van der Waals surface area contributed by atoms with E-state index in [2.05, 4.69) is 0 Å². The Morgan fingerprint density at radius 2 is 1.83 bits per heavy atom. The largest absolute Gasteiger partial charge is 0.457 e. The Balaban J connectivity index is 2.16. The van der Waals surface area contributed by atoms with E-state index >= 15 is 0 Å². The van der Waals surface area contributed by atoms with Gasteiger partial charge in [0.05, 0.1) is 6.26 Å². The number of ether oxygens (including phenoxy) is 1. The van der Waals surface area contributed by atoms with Crippen molar-refractivity contribution in [3.8, 4) is 11.5 Å². The molecule has 2 aromatic carbocycles. The van der Waals surface area contributed by atoms with Crippen molar-refractivity contribution in [1.29, 1.82) is 0 Å². The predicted octanol–water partition coefficient (Wildman–Crippen LogP) is 2.87. The number of hydrogen-bond acceptors (Lipinski definition) is 4. The molecule has 0 aliphatic rings. The topological polar surface area (TPSA) is 72.5 Å². The van der Waals surface area contributed by atoms with Crippen LogP contribution >= 0.6 is 0 Å². The van der Waals surface area contributed by atoms with Crippen LogP contribution in [0.1, 0.15) is 22.8 Å². The molecule has 0 aliphatic carbocycles. The molecule has 0 aliphatic heterocycles. The smallest absolute Gasteiger partial charge is 0.264 e. The first kappa shape index (κ1) is 17.0.